The lowest BCUT2D eigenvalue weighted by molar-refractivity contribution is 0.406. The van der Waals surface area contributed by atoms with Crippen LogP contribution in [0.4, 0.5) is 0 Å². The van der Waals surface area contributed by atoms with Gasteiger partial charge in [-0.15, -0.1) is 0 Å². The third-order valence-electron chi connectivity index (χ3n) is 4.14. The van der Waals surface area contributed by atoms with Crippen LogP contribution in [0.2, 0.25) is 0 Å². The van der Waals surface area contributed by atoms with E-state index in [0.717, 1.165) is 18.6 Å². The lowest BCUT2D eigenvalue weighted by Gasteiger charge is -2.20. The molecule has 0 radical (unpaired) electrons. The lowest BCUT2D eigenvalue weighted by Crippen LogP contribution is -2.29. The van der Waals surface area contributed by atoms with Crippen molar-refractivity contribution < 1.29 is 4.74 Å². The summed E-state index contributed by atoms with van der Waals surface area (Å²) in [6.45, 7) is 4.30. The van der Waals surface area contributed by atoms with Crippen molar-refractivity contribution in [2.24, 2.45) is 11.1 Å². The molecule has 0 aromatic heterocycles. The van der Waals surface area contributed by atoms with Gasteiger partial charge in [0.25, 0.3) is 0 Å². The van der Waals surface area contributed by atoms with Gasteiger partial charge in [0.1, 0.15) is 5.75 Å². The van der Waals surface area contributed by atoms with Crippen LogP contribution >= 0.6 is 0 Å². The molecule has 0 bridgehead atoms. The summed E-state index contributed by atoms with van der Waals surface area (Å²) in [6, 6.07) is 6.85. The van der Waals surface area contributed by atoms with Crippen LogP contribution in [0.25, 0.3) is 0 Å². The highest BCUT2D eigenvalue weighted by Gasteiger charge is 2.45. The Bertz CT molecular complexity index is 394. The molecular weight excluding hydrogens is 210 g/mol. The van der Waals surface area contributed by atoms with E-state index in [-0.39, 0.29) is 0 Å². The van der Waals surface area contributed by atoms with Crippen LogP contribution in [0, 0.1) is 5.41 Å². The van der Waals surface area contributed by atoms with Crippen molar-refractivity contribution in [3.05, 3.63) is 29.3 Å². The van der Waals surface area contributed by atoms with E-state index in [1.54, 1.807) is 7.11 Å². The Balaban J connectivity index is 2.17. The maximum absolute atomic E-state index is 6.08. The van der Waals surface area contributed by atoms with E-state index in [0.29, 0.717) is 11.5 Å². The van der Waals surface area contributed by atoms with Gasteiger partial charge in [-0.2, -0.15) is 0 Å². The Kier molecular flexibility index (Phi) is 3.43. The van der Waals surface area contributed by atoms with Crippen molar-refractivity contribution >= 4 is 0 Å². The standard InChI is InChI=1S/C15H23NO/c1-4-13-9-12(5-6-14(13)17-3)10-15(7-8-15)11(2)16/h5-6,9,11H,4,7-8,10,16H2,1-3H3. The second-order valence-corrected chi connectivity index (χ2v) is 5.33. The zero-order valence-electron chi connectivity index (χ0n) is 11.1. The molecule has 1 aromatic carbocycles. The molecule has 2 rings (SSSR count). The number of hydrogen-bond acceptors (Lipinski definition) is 2. The van der Waals surface area contributed by atoms with Gasteiger partial charge in [0, 0.05) is 6.04 Å². The van der Waals surface area contributed by atoms with Crippen LogP contribution in [0.3, 0.4) is 0 Å². The third-order valence-corrected chi connectivity index (χ3v) is 4.14. The molecule has 1 aromatic rings. The predicted molar refractivity (Wildman–Crippen MR) is 71.4 cm³/mol. The Hall–Kier alpha value is -1.02. The van der Waals surface area contributed by atoms with Crippen molar-refractivity contribution in [1.82, 2.24) is 0 Å². The summed E-state index contributed by atoms with van der Waals surface area (Å²) < 4.78 is 5.36. The maximum Gasteiger partial charge on any atom is 0.122 e. The Morgan fingerprint density at radius 3 is 2.59 bits per heavy atom. The first kappa shape index (κ1) is 12.4. The second-order valence-electron chi connectivity index (χ2n) is 5.33. The van der Waals surface area contributed by atoms with Gasteiger partial charge in [-0.3, -0.25) is 0 Å². The first-order chi connectivity index (χ1) is 8.11. The summed E-state index contributed by atoms with van der Waals surface area (Å²) in [7, 11) is 1.73. The predicted octanol–water partition coefficient (Wildman–Crippen LogP) is 2.93. The van der Waals surface area contributed by atoms with E-state index in [1.807, 2.05) is 0 Å². The van der Waals surface area contributed by atoms with Gasteiger partial charge in [-0.25, -0.2) is 0 Å². The molecule has 2 nitrogen and oxygen atoms in total. The zero-order chi connectivity index (χ0) is 12.5. The lowest BCUT2D eigenvalue weighted by atomic mass is 9.89. The number of methoxy groups -OCH3 is 1. The monoisotopic (exact) mass is 233 g/mol. The third kappa shape index (κ3) is 2.47. The summed E-state index contributed by atoms with van der Waals surface area (Å²) in [5, 5.41) is 0. The van der Waals surface area contributed by atoms with E-state index in [2.05, 4.69) is 32.0 Å². The highest BCUT2D eigenvalue weighted by atomic mass is 16.5. The largest absolute Gasteiger partial charge is 0.496 e. The first-order valence-corrected chi connectivity index (χ1v) is 6.52. The minimum absolute atomic E-state index is 0.301. The van der Waals surface area contributed by atoms with Crippen molar-refractivity contribution in [3.8, 4) is 5.75 Å². The number of rotatable bonds is 5. The number of hydrogen-bond donors (Lipinski definition) is 1. The zero-order valence-corrected chi connectivity index (χ0v) is 11.1. The van der Waals surface area contributed by atoms with Crippen molar-refractivity contribution in [2.45, 2.75) is 45.6 Å². The van der Waals surface area contributed by atoms with Gasteiger partial charge < -0.3 is 10.5 Å². The topological polar surface area (TPSA) is 35.2 Å². The van der Waals surface area contributed by atoms with Crippen LogP contribution < -0.4 is 10.5 Å². The molecule has 1 saturated carbocycles. The molecule has 0 heterocycles. The molecule has 94 valence electrons. The molecule has 0 spiro atoms. The fourth-order valence-electron chi connectivity index (χ4n) is 2.58. The van der Waals surface area contributed by atoms with Gasteiger partial charge in [0.05, 0.1) is 7.11 Å². The van der Waals surface area contributed by atoms with Crippen molar-refractivity contribution in [1.29, 1.82) is 0 Å². The van der Waals surface area contributed by atoms with Crippen LogP contribution in [-0.2, 0) is 12.8 Å². The number of aryl methyl sites for hydroxylation is 1. The maximum atomic E-state index is 6.08. The molecule has 0 aliphatic heterocycles. The van der Waals surface area contributed by atoms with Crippen LogP contribution in [0.5, 0.6) is 5.75 Å². The molecule has 1 unspecified atom stereocenters. The SMILES string of the molecule is CCc1cc(CC2(C(C)N)CC2)ccc1OC. The van der Waals surface area contributed by atoms with Crippen LogP contribution in [0.15, 0.2) is 18.2 Å². The Morgan fingerprint density at radius 2 is 2.12 bits per heavy atom. The quantitative estimate of drug-likeness (QED) is 0.848. The highest BCUT2D eigenvalue weighted by molar-refractivity contribution is 5.38. The van der Waals surface area contributed by atoms with E-state index in [1.165, 1.54) is 24.0 Å². The van der Waals surface area contributed by atoms with Crippen LogP contribution in [-0.4, -0.2) is 13.2 Å². The first-order valence-electron chi connectivity index (χ1n) is 6.52. The molecule has 2 heteroatoms. The molecule has 2 N–H and O–H groups in total. The molecule has 17 heavy (non-hydrogen) atoms. The van der Waals surface area contributed by atoms with E-state index >= 15 is 0 Å². The van der Waals surface area contributed by atoms with Gasteiger partial charge in [0.15, 0.2) is 0 Å². The molecule has 1 fully saturated rings. The number of benzene rings is 1. The number of nitrogens with two attached hydrogens (primary N) is 1. The second kappa shape index (κ2) is 4.69. The summed E-state index contributed by atoms with van der Waals surface area (Å²) >= 11 is 0. The van der Waals surface area contributed by atoms with Crippen molar-refractivity contribution in [3.63, 3.8) is 0 Å². The molecule has 1 aliphatic rings. The van der Waals surface area contributed by atoms with Crippen LogP contribution in [0.1, 0.15) is 37.8 Å². The smallest absolute Gasteiger partial charge is 0.122 e. The number of ether oxygens (including phenoxy) is 1. The summed E-state index contributed by atoms with van der Waals surface area (Å²) in [6.07, 6.45) is 4.68. The van der Waals surface area contributed by atoms with Gasteiger partial charge in [-0.05, 0) is 55.2 Å². The summed E-state index contributed by atoms with van der Waals surface area (Å²) in [5.41, 5.74) is 9.15. The minimum Gasteiger partial charge on any atom is -0.496 e. The van der Waals surface area contributed by atoms with E-state index in [9.17, 15) is 0 Å². The Labute approximate surface area is 104 Å². The fourth-order valence-corrected chi connectivity index (χ4v) is 2.58. The van der Waals surface area contributed by atoms with Gasteiger partial charge >= 0.3 is 0 Å². The normalized spacial score (nSPS) is 18.8. The molecule has 1 atom stereocenters. The molecular formula is C15H23NO. The molecule has 0 saturated heterocycles. The van der Waals surface area contributed by atoms with Gasteiger partial charge in [-0.1, -0.05) is 19.1 Å². The van der Waals surface area contributed by atoms with E-state index in [4.69, 9.17) is 10.5 Å². The average molecular weight is 233 g/mol. The Morgan fingerprint density at radius 1 is 1.41 bits per heavy atom. The summed E-state index contributed by atoms with van der Waals surface area (Å²) in [5.74, 6) is 1.00. The molecule has 1 aliphatic carbocycles. The van der Waals surface area contributed by atoms with Crippen molar-refractivity contribution in [2.75, 3.05) is 7.11 Å². The fraction of sp³-hybridized carbons (Fsp3) is 0.600. The van der Waals surface area contributed by atoms with E-state index < -0.39 is 0 Å². The van der Waals surface area contributed by atoms with Gasteiger partial charge in [0.2, 0.25) is 0 Å². The molecule has 0 amide bonds. The average Bonchev–Trinajstić information content (AvgIpc) is 3.10. The highest BCUT2D eigenvalue weighted by Crippen LogP contribution is 2.50. The minimum atomic E-state index is 0.301. The summed E-state index contributed by atoms with van der Waals surface area (Å²) in [4.78, 5) is 0.